The van der Waals surface area contributed by atoms with E-state index in [1.165, 1.54) is 26.9 Å². The molecular weight excluding hydrogens is 720 g/mol. The minimum atomic E-state index is -3.02. The number of anilines is 2. The standard InChI is InChI=1S/C38H47F2N7O8/c1-37(2,3)54-35(50)45(15-17-52-18-16-48)20-24-9-11-27(12-10-24)47-22-28(31(44-47)32(39)40)42-33(49)29-23-53-34(43-29)26-13-14-41-30(19-26)46(21-25-7-8-25)36(51)55-38(4,5)6/h9-14,19,22-23,25,32,48H,7-8,15-18,20-21H2,1-6H3,(H,42,49). The Hall–Kier alpha value is -5.42. The Morgan fingerprint density at radius 3 is 2.35 bits per heavy atom. The van der Waals surface area contributed by atoms with Crippen molar-refractivity contribution in [2.75, 3.05) is 43.1 Å². The normalized spacial score (nSPS) is 13.1. The van der Waals surface area contributed by atoms with E-state index in [1.807, 2.05) is 0 Å². The molecule has 1 aliphatic rings. The first kappa shape index (κ1) is 40.8. The van der Waals surface area contributed by atoms with Gasteiger partial charge in [0, 0.05) is 31.4 Å². The summed E-state index contributed by atoms with van der Waals surface area (Å²) in [7, 11) is 0. The summed E-state index contributed by atoms with van der Waals surface area (Å²) in [6.07, 6.45) is 1.75. The first-order valence-electron chi connectivity index (χ1n) is 17.9. The molecule has 4 aromatic rings. The number of aliphatic hydroxyl groups is 1. The molecule has 0 bridgehead atoms. The van der Waals surface area contributed by atoms with Crippen LogP contribution >= 0.6 is 0 Å². The van der Waals surface area contributed by atoms with Gasteiger partial charge in [-0.15, -0.1) is 0 Å². The number of hydrogen-bond donors (Lipinski definition) is 2. The fourth-order valence-corrected chi connectivity index (χ4v) is 5.19. The second kappa shape index (κ2) is 17.4. The van der Waals surface area contributed by atoms with Crippen molar-refractivity contribution < 1.29 is 46.9 Å². The number of aromatic nitrogens is 4. The van der Waals surface area contributed by atoms with E-state index in [4.69, 9.17) is 23.7 Å². The molecule has 3 aromatic heterocycles. The lowest BCUT2D eigenvalue weighted by molar-refractivity contribution is 0.0135. The first-order valence-corrected chi connectivity index (χ1v) is 17.9. The number of carbonyl (C=O) groups is 3. The monoisotopic (exact) mass is 767 g/mol. The molecule has 15 nitrogen and oxygen atoms in total. The number of carbonyl (C=O) groups excluding carboxylic acids is 3. The molecule has 0 atom stereocenters. The summed E-state index contributed by atoms with van der Waals surface area (Å²) >= 11 is 0. The molecule has 0 saturated heterocycles. The van der Waals surface area contributed by atoms with Crippen LogP contribution in [0.4, 0.5) is 29.9 Å². The number of alkyl halides is 2. The molecule has 0 spiro atoms. The molecule has 1 fully saturated rings. The molecule has 3 amide bonds. The van der Waals surface area contributed by atoms with E-state index in [1.54, 1.807) is 77.9 Å². The van der Waals surface area contributed by atoms with Crippen LogP contribution in [0.3, 0.4) is 0 Å². The number of rotatable bonds is 15. The van der Waals surface area contributed by atoms with Crippen LogP contribution in [0.25, 0.3) is 17.1 Å². The van der Waals surface area contributed by atoms with Crippen LogP contribution in [-0.4, -0.2) is 92.0 Å². The molecule has 1 aliphatic carbocycles. The van der Waals surface area contributed by atoms with Gasteiger partial charge in [0.1, 0.15) is 23.3 Å². The highest BCUT2D eigenvalue weighted by atomic mass is 19.3. The molecule has 0 aliphatic heterocycles. The van der Waals surface area contributed by atoms with Crippen LogP contribution in [0, 0.1) is 5.92 Å². The summed E-state index contributed by atoms with van der Waals surface area (Å²) in [6.45, 7) is 11.6. The number of benzene rings is 1. The summed E-state index contributed by atoms with van der Waals surface area (Å²) in [5.74, 6) is -0.0882. The number of aliphatic hydroxyl groups excluding tert-OH is 1. The number of halogens is 2. The highest BCUT2D eigenvalue weighted by Gasteiger charge is 2.32. The van der Waals surface area contributed by atoms with Crippen LogP contribution in [0.1, 0.15) is 82.6 Å². The van der Waals surface area contributed by atoms with Crippen molar-refractivity contribution in [3.63, 3.8) is 0 Å². The van der Waals surface area contributed by atoms with Crippen LogP contribution in [0.2, 0.25) is 0 Å². The molecule has 0 radical (unpaired) electrons. The van der Waals surface area contributed by atoms with Crippen LogP contribution in [-0.2, 0) is 20.8 Å². The van der Waals surface area contributed by atoms with Gasteiger partial charge < -0.3 is 34.0 Å². The lowest BCUT2D eigenvalue weighted by Crippen LogP contribution is -2.38. The van der Waals surface area contributed by atoms with Crippen LogP contribution in [0.5, 0.6) is 0 Å². The highest BCUT2D eigenvalue weighted by Crippen LogP contribution is 2.33. The Balaban J connectivity index is 1.29. The molecule has 1 saturated carbocycles. The average molecular weight is 768 g/mol. The van der Waals surface area contributed by atoms with Crippen LogP contribution in [0.15, 0.2) is 59.5 Å². The molecule has 0 unspecified atom stereocenters. The zero-order chi connectivity index (χ0) is 39.9. The molecular formula is C38H47F2N7O8. The Kier molecular flexibility index (Phi) is 12.9. The van der Waals surface area contributed by atoms with Crippen molar-refractivity contribution in [1.29, 1.82) is 0 Å². The van der Waals surface area contributed by atoms with Crippen LogP contribution < -0.4 is 10.2 Å². The van der Waals surface area contributed by atoms with E-state index in [0.29, 0.717) is 29.5 Å². The fourth-order valence-electron chi connectivity index (χ4n) is 5.19. The van der Waals surface area contributed by atoms with Crippen molar-refractivity contribution in [2.45, 2.75) is 78.6 Å². The molecule has 296 valence electrons. The van der Waals surface area contributed by atoms with Crippen molar-refractivity contribution in [3.05, 3.63) is 72.0 Å². The SMILES string of the molecule is CC(C)(C)OC(=O)N(CCOCCO)Cc1ccc(-n2cc(NC(=O)c3coc(-c4ccnc(N(CC5CC5)C(=O)OC(C)(C)C)c4)n3)c(C(F)F)n2)cc1. The molecule has 5 rings (SSSR count). The van der Waals surface area contributed by atoms with E-state index in [9.17, 15) is 23.2 Å². The average Bonchev–Trinajstić information content (AvgIpc) is 3.61. The third kappa shape index (κ3) is 11.8. The number of oxazole rings is 1. The van der Waals surface area contributed by atoms with Gasteiger partial charge in [-0.25, -0.2) is 33.0 Å². The molecule has 1 aromatic carbocycles. The fraction of sp³-hybridized carbons (Fsp3) is 0.474. The zero-order valence-electron chi connectivity index (χ0n) is 31.8. The van der Waals surface area contributed by atoms with Gasteiger partial charge >= 0.3 is 12.2 Å². The summed E-state index contributed by atoms with van der Waals surface area (Å²) in [4.78, 5) is 50.7. The smallest absolute Gasteiger partial charge is 0.416 e. The van der Waals surface area contributed by atoms with Gasteiger partial charge in [-0.1, -0.05) is 12.1 Å². The Bertz CT molecular complexity index is 1930. The summed E-state index contributed by atoms with van der Waals surface area (Å²) in [5.41, 5.74) is -0.926. The molecule has 3 heterocycles. The maximum absolute atomic E-state index is 14.1. The Labute approximate surface area is 317 Å². The first-order chi connectivity index (χ1) is 26.0. The maximum atomic E-state index is 14.1. The molecule has 2 N–H and O–H groups in total. The van der Waals surface area contributed by atoms with E-state index in [0.717, 1.165) is 24.7 Å². The van der Waals surface area contributed by atoms with Crippen molar-refractivity contribution in [2.24, 2.45) is 5.92 Å². The second-order valence-corrected chi connectivity index (χ2v) is 15.0. The van der Waals surface area contributed by atoms with Gasteiger partial charge in [-0.3, -0.25) is 9.69 Å². The molecule has 17 heteroatoms. The third-order valence-electron chi connectivity index (χ3n) is 7.92. The minimum absolute atomic E-state index is 0.0529. The van der Waals surface area contributed by atoms with Crippen molar-refractivity contribution >= 4 is 29.6 Å². The maximum Gasteiger partial charge on any atom is 0.416 e. The Morgan fingerprint density at radius 1 is 1.02 bits per heavy atom. The minimum Gasteiger partial charge on any atom is -0.444 e. The number of hydrogen-bond acceptors (Lipinski definition) is 11. The highest BCUT2D eigenvalue weighted by molar-refractivity contribution is 6.03. The largest absolute Gasteiger partial charge is 0.444 e. The molecule has 55 heavy (non-hydrogen) atoms. The lowest BCUT2D eigenvalue weighted by Gasteiger charge is -2.27. The van der Waals surface area contributed by atoms with Gasteiger partial charge in [0.15, 0.2) is 11.4 Å². The number of ether oxygens (including phenoxy) is 3. The predicted octanol–water partition coefficient (Wildman–Crippen LogP) is 7.01. The van der Waals surface area contributed by atoms with Gasteiger partial charge in [-0.2, -0.15) is 5.10 Å². The summed E-state index contributed by atoms with van der Waals surface area (Å²) in [5, 5.41) is 15.5. The van der Waals surface area contributed by atoms with E-state index >= 15 is 0 Å². The van der Waals surface area contributed by atoms with Gasteiger partial charge in [-0.05, 0) is 90.1 Å². The number of nitrogens with one attached hydrogen (secondary N) is 1. The topological polar surface area (TPSA) is 174 Å². The van der Waals surface area contributed by atoms with Gasteiger partial charge in [0.2, 0.25) is 5.89 Å². The number of amides is 3. The summed E-state index contributed by atoms with van der Waals surface area (Å²) < 4.78 is 51.5. The number of pyridine rings is 1. The Morgan fingerprint density at radius 2 is 1.71 bits per heavy atom. The van der Waals surface area contributed by atoms with E-state index in [-0.39, 0.29) is 50.2 Å². The zero-order valence-corrected chi connectivity index (χ0v) is 31.8. The quantitative estimate of drug-likeness (QED) is 0.119. The van der Waals surface area contributed by atoms with E-state index in [2.05, 4.69) is 20.4 Å². The van der Waals surface area contributed by atoms with E-state index < -0.39 is 41.4 Å². The van der Waals surface area contributed by atoms with Gasteiger partial charge in [0.25, 0.3) is 12.3 Å². The number of nitrogens with zero attached hydrogens (tertiary/aromatic N) is 6. The van der Waals surface area contributed by atoms with Crippen molar-refractivity contribution in [1.82, 2.24) is 24.6 Å². The predicted molar refractivity (Wildman–Crippen MR) is 197 cm³/mol. The van der Waals surface area contributed by atoms with Crippen molar-refractivity contribution in [3.8, 4) is 17.1 Å². The summed E-state index contributed by atoms with van der Waals surface area (Å²) in [6, 6.07) is 9.91. The lowest BCUT2D eigenvalue weighted by atomic mass is 10.2. The second-order valence-electron chi connectivity index (χ2n) is 15.0. The van der Waals surface area contributed by atoms with Gasteiger partial charge in [0.05, 0.1) is 37.4 Å². The third-order valence-corrected chi connectivity index (χ3v) is 7.92.